The highest BCUT2D eigenvalue weighted by Crippen LogP contribution is 2.37. The molecule has 15 nitrogen and oxygen atoms in total. The summed E-state index contributed by atoms with van der Waals surface area (Å²) >= 11 is 1.35. The molecule has 3 N–H and O–H groups in total. The lowest BCUT2D eigenvalue weighted by atomic mass is 9.88. The van der Waals surface area contributed by atoms with Crippen molar-refractivity contribution in [3.63, 3.8) is 0 Å². The number of ether oxygens (including phenoxy) is 5. The maximum Gasteiger partial charge on any atom is 0.248 e. The van der Waals surface area contributed by atoms with Crippen LogP contribution in [0.1, 0.15) is 83.8 Å². The number of carbonyl (C=O) groups excluding carboxylic acids is 4. The topological polar surface area (TPSA) is 178 Å². The van der Waals surface area contributed by atoms with Crippen LogP contribution < -0.4 is 20.1 Å². The van der Waals surface area contributed by atoms with Crippen LogP contribution >= 0.6 is 11.3 Å². The number of nitrogens with one attached hydrogen (secondary N) is 2. The number of hydrogen-bond acceptors (Lipinski definition) is 13. The summed E-state index contributed by atoms with van der Waals surface area (Å²) in [5, 5.41) is 18.0. The summed E-state index contributed by atoms with van der Waals surface area (Å²) in [6.07, 6.45) is 2.35. The molecule has 6 rings (SSSR count). The Kier molecular flexibility index (Phi) is 20.5. The number of phenols is 1. The molecule has 1 aliphatic rings. The number of thiazole rings is 1. The SMILES string of the molecule is CC/C(=C(\c1ccc(O)cc1)c1ccc(OCCN(C)C(=O)COCCOCCOCCOc2cccc(C(=O)c3csc([C@@H]4CCCN4C(=O)[C@H](C)NC(=O)C(C)NC)n3)c2)cc1)c1ccccc1. The highest BCUT2D eigenvalue weighted by Gasteiger charge is 2.35. The molecule has 1 aromatic heterocycles. The molecule has 4 aromatic carbocycles. The van der Waals surface area contributed by atoms with Gasteiger partial charge in [-0.1, -0.05) is 73.7 Å². The highest BCUT2D eigenvalue weighted by atomic mass is 32.1. The number of likely N-dealkylation sites (tertiary alicyclic amines) is 1. The number of nitrogens with zero attached hydrogens (tertiary/aromatic N) is 3. The highest BCUT2D eigenvalue weighted by molar-refractivity contribution is 7.10. The summed E-state index contributed by atoms with van der Waals surface area (Å²) in [4.78, 5) is 59.7. The maximum absolute atomic E-state index is 13.4. The maximum atomic E-state index is 13.4. The second kappa shape index (κ2) is 27.1. The van der Waals surface area contributed by atoms with Gasteiger partial charge in [0.15, 0.2) is 0 Å². The van der Waals surface area contributed by atoms with Gasteiger partial charge in [0.1, 0.15) is 53.8 Å². The van der Waals surface area contributed by atoms with E-state index in [0.717, 1.165) is 41.5 Å². The number of carbonyl (C=O) groups is 4. The van der Waals surface area contributed by atoms with Gasteiger partial charge in [-0.3, -0.25) is 19.2 Å². The van der Waals surface area contributed by atoms with E-state index in [-0.39, 0.29) is 55.1 Å². The van der Waals surface area contributed by atoms with Crippen molar-refractivity contribution in [2.24, 2.45) is 0 Å². The van der Waals surface area contributed by atoms with Crippen molar-refractivity contribution in [3.8, 4) is 17.2 Å². The number of amides is 3. The molecule has 2 heterocycles. The van der Waals surface area contributed by atoms with E-state index in [2.05, 4.69) is 34.7 Å². The molecule has 0 aliphatic carbocycles. The number of ketones is 1. The first-order valence-corrected chi connectivity index (χ1v) is 24.6. The molecule has 70 heavy (non-hydrogen) atoms. The zero-order chi connectivity index (χ0) is 49.8. The molecule has 0 radical (unpaired) electrons. The Bertz CT molecular complexity index is 2500. The lowest BCUT2D eigenvalue weighted by Gasteiger charge is -2.27. The molecule has 1 unspecified atom stereocenters. The number of aromatic hydroxyl groups is 1. The summed E-state index contributed by atoms with van der Waals surface area (Å²) in [6.45, 7) is 8.55. The van der Waals surface area contributed by atoms with Crippen LogP contribution in [0.2, 0.25) is 0 Å². The molecule has 3 atom stereocenters. The first-order chi connectivity index (χ1) is 34.0. The van der Waals surface area contributed by atoms with Gasteiger partial charge < -0.3 is 49.2 Å². The van der Waals surface area contributed by atoms with Gasteiger partial charge in [0.2, 0.25) is 23.5 Å². The van der Waals surface area contributed by atoms with Gasteiger partial charge in [0.05, 0.1) is 51.7 Å². The van der Waals surface area contributed by atoms with Gasteiger partial charge in [0.25, 0.3) is 0 Å². The van der Waals surface area contributed by atoms with Crippen molar-refractivity contribution in [3.05, 3.63) is 141 Å². The fourth-order valence-electron chi connectivity index (χ4n) is 7.87. The molecule has 0 bridgehead atoms. The summed E-state index contributed by atoms with van der Waals surface area (Å²) in [6, 6.07) is 31.0. The Balaban J connectivity index is 0.827. The summed E-state index contributed by atoms with van der Waals surface area (Å²) in [5.74, 6) is 0.594. The van der Waals surface area contributed by atoms with Crippen molar-refractivity contribution < 1.29 is 48.0 Å². The first kappa shape index (κ1) is 52.9. The normalized spacial score (nSPS) is 14.6. The summed E-state index contributed by atoms with van der Waals surface area (Å²) < 4.78 is 28.6. The standard InChI is InChI=1S/C54H65N5O10S/c1-6-46(39-12-8-7-9-13-39)50(40-17-21-43(60)22-18-40)41-19-23-44(24-20-41)68-27-26-58(5)49(61)35-67-31-30-65-28-29-66-32-33-69-45-15-10-14-42(34-45)51(62)47-36-70-53(57-47)48-16-11-25-59(48)54(64)38(3)56-52(63)37(2)55-4/h7-10,12-15,17-24,34,36-38,48,55,60H,6,11,16,25-33,35H2,1-5H3,(H,56,63)/b50-46-/t37?,38-,48-/m0/s1. The van der Waals surface area contributed by atoms with E-state index in [4.69, 9.17) is 23.7 Å². The number of allylic oxidation sites excluding steroid dienone is 1. The minimum absolute atomic E-state index is 0.0748. The van der Waals surface area contributed by atoms with Crippen LogP contribution in [0.5, 0.6) is 17.2 Å². The lowest BCUT2D eigenvalue weighted by molar-refractivity contribution is -0.137. The number of hydrogen-bond donors (Lipinski definition) is 3. The van der Waals surface area contributed by atoms with Crippen LogP contribution in [-0.4, -0.2) is 136 Å². The van der Waals surface area contributed by atoms with E-state index in [1.807, 2.05) is 54.6 Å². The van der Waals surface area contributed by atoms with Crippen LogP contribution in [0.4, 0.5) is 0 Å². The molecule has 0 saturated carbocycles. The summed E-state index contributed by atoms with van der Waals surface area (Å²) in [5.41, 5.74) is 6.20. The second-order valence-electron chi connectivity index (χ2n) is 16.8. The molecule has 1 aliphatic heterocycles. The molecular formula is C54H65N5O10S. The van der Waals surface area contributed by atoms with Crippen LogP contribution in [0.15, 0.2) is 109 Å². The van der Waals surface area contributed by atoms with Gasteiger partial charge in [-0.25, -0.2) is 4.98 Å². The zero-order valence-electron chi connectivity index (χ0n) is 40.7. The predicted octanol–water partition coefficient (Wildman–Crippen LogP) is 7.19. The van der Waals surface area contributed by atoms with Crippen molar-refractivity contribution >= 4 is 46.0 Å². The average molecular weight is 976 g/mol. The fourth-order valence-corrected chi connectivity index (χ4v) is 8.81. The first-order valence-electron chi connectivity index (χ1n) is 23.8. The molecular weight excluding hydrogens is 911 g/mol. The Hall–Kier alpha value is -6.43. The van der Waals surface area contributed by atoms with Gasteiger partial charge in [-0.05, 0) is 104 Å². The third-order valence-corrected chi connectivity index (χ3v) is 12.8. The van der Waals surface area contributed by atoms with Gasteiger partial charge in [-0.15, -0.1) is 11.3 Å². The number of rotatable bonds is 27. The number of aromatic nitrogens is 1. The molecule has 372 valence electrons. The molecule has 1 saturated heterocycles. The van der Waals surface area contributed by atoms with Gasteiger partial charge in [-0.2, -0.15) is 0 Å². The van der Waals surface area contributed by atoms with Crippen LogP contribution in [0.25, 0.3) is 11.1 Å². The van der Waals surface area contributed by atoms with E-state index >= 15 is 0 Å². The van der Waals surface area contributed by atoms with E-state index in [0.29, 0.717) is 73.9 Å². The van der Waals surface area contributed by atoms with Crippen molar-refractivity contribution in [2.45, 2.75) is 58.2 Å². The number of phenolic OH excluding ortho intramolecular Hbond substituents is 1. The Morgan fingerprint density at radius 3 is 2.10 bits per heavy atom. The zero-order valence-corrected chi connectivity index (χ0v) is 41.5. The third-order valence-electron chi connectivity index (χ3n) is 11.9. The largest absolute Gasteiger partial charge is 0.508 e. The van der Waals surface area contributed by atoms with E-state index in [1.165, 1.54) is 16.9 Å². The monoisotopic (exact) mass is 975 g/mol. The Labute approximate surface area is 414 Å². The van der Waals surface area contributed by atoms with Crippen LogP contribution in [0, 0.1) is 0 Å². The quantitative estimate of drug-likeness (QED) is 0.0275. The van der Waals surface area contributed by atoms with Gasteiger partial charge >= 0.3 is 0 Å². The number of likely N-dealkylation sites (N-methyl/N-ethyl adjacent to an activating group) is 2. The third kappa shape index (κ3) is 15.0. The number of benzene rings is 4. The Morgan fingerprint density at radius 2 is 1.41 bits per heavy atom. The molecule has 0 spiro atoms. The van der Waals surface area contributed by atoms with E-state index in [1.54, 1.807) is 79.5 Å². The average Bonchev–Trinajstić information content (AvgIpc) is 4.08. The molecule has 16 heteroatoms. The minimum Gasteiger partial charge on any atom is -0.508 e. The van der Waals surface area contributed by atoms with Crippen molar-refractivity contribution in [2.75, 3.05) is 80.0 Å². The molecule has 1 fully saturated rings. The fraction of sp³-hybridized carbons (Fsp3) is 0.389. The smallest absolute Gasteiger partial charge is 0.248 e. The van der Waals surface area contributed by atoms with Crippen LogP contribution in [0.3, 0.4) is 0 Å². The summed E-state index contributed by atoms with van der Waals surface area (Å²) in [7, 11) is 3.40. The van der Waals surface area contributed by atoms with Crippen molar-refractivity contribution in [1.82, 2.24) is 25.4 Å². The second-order valence-corrected chi connectivity index (χ2v) is 17.7. The van der Waals surface area contributed by atoms with Crippen LogP contribution in [-0.2, 0) is 28.6 Å². The lowest BCUT2D eigenvalue weighted by Crippen LogP contribution is -2.51. The predicted molar refractivity (Wildman–Crippen MR) is 270 cm³/mol. The van der Waals surface area contributed by atoms with Gasteiger partial charge in [0, 0.05) is 24.5 Å². The Morgan fingerprint density at radius 1 is 0.771 bits per heavy atom. The van der Waals surface area contributed by atoms with Crippen molar-refractivity contribution in [1.29, 1.82) is 0 Å². The molecule has 5 aromatic rings. The van der Waals surface area contributed by atoms with E-state index < -0.39 is 12.1 Å². The van der Waals surface area contributed by atoms with E-state index in [9.17, 15) is 24.3 Å². The minimum atomic E-state index is -0.689. The molecule has 3 amide bonds.